The summed E-state index contributed by atoms with van der Waals surface area (Å²) >= 11 is 1.54. The molecule has 3 aromatic rings. The van der Waals surface area contributed by atoms with Crippen molar-refractivity contribution in [3.63, 3.8) is 0 Å². The molecule has 2 N–H and O–H groups in total. The molecular weight excluding hydrogens is 375 g/mol. The summed E-state index contributed by atoms with van der Waals surface area (Å²) in [7, 11) is 0. The van der Waals surface area contributed by atoms with E-state index in [4.69, 9.17) is 4.99 Å². The number of guanidine groups is 1. The fraction of sp³-hybridized carbons (Fsp3) is 0.190. The largest absolute Gasteiger partial charge is 0.329 e. The number of thiazole rings is 1. The fourth-order valence-electron chi connectivity index (χ4n) is 3.66. The van der Waals surface area contributed by atoms with Crippen LogP contribution in [0.5, 0.6) is 0 Å². The predicted octanol–water partition coefficient (Wildman–Crippen LogP) is 4.55. The van der Waals surface area contributed by atoms with E-state index < -0.39 is 6.04 Å². The van der Waals surface area contributed by atoms with Crippen LogP contribution in [-0.2, 0) is 4.79 Å². The van der Waals surface area contributed by atoms with Crippen molar-refractivity contribution >= 4 is 38.4 Å². The third-order valence-corrected chi connectivity index (χ3v) is 5.91. The molecule has 0 bridgehead atoms. The first-order valence-electron chi connectivity index (χ1n) is 9.16. The van der Waals surface area contributed by atoms with Crippen LogP contribution in [-0.4, -0.2) is 16.7 Å². The molecule has 7 heteroatoms. The van der Waals surface area contributed by atoms with E-state index in [9.17, 15) is 9.18 Å². The van der Waals surface area contributed by atoms with Gasteiger partial charge < -0.3 is 10.6 Å². The molecule has 1 atom stereocenters. The standard InChI is InChI=1S/C21H17FN4OS/c22-13-10-8-12(9-11-13)19-18-15(5-3-6-16(18)27)23-20(25-19)26-21-24-14-4-1-2-7-17(14)28-21/h1-2,4,7-11,19H,3,5-6H2,(H2,23,24,25,26)/t19-/m1/s1. The lowest BCUT2D eigenvalue weighted by Crippen LogP contribution is -2.38. The van der Waals surface area contributed by atoms with Crippen molar-refractivity contribution in [1.29, 1.82) is 0 Å². The van der Waals surface area contributed by atoms with Gasteiger partial charge in [-0.1, -0.05) is 35.6 Å². The number of hydrogen-bond acceptors (Lipinski definition) is 6. The molecule has 1 aromatic heterocycles. The number of Topliss-reactive ketones (excluding diaryl/α,β-unsaturated/α-hetero) is 1. The van der Waals surface area contributed by atoms with Gasteiger partial charge in [-0.15, -0.1) is 0 Å². The monoisotopic (exact) mass is 392 g/mol. The molecule has 0 unspecified atom stereocenters. The predicted molar refractivity (Wildman–Crippen MR) is 109 cm³/mol. The second-order valence-corrected chi connectivity index (χ2v) is 7.87. The first-order chi connectivity index (χ1) is 13.7. The van der Waals surface area contributed by atoms with E-state index in [1.165, 1.54) is 12.1 Å². The molecule has 5 rings (SSSR count). The smallest absolute Gasteiger partial charge is 0.202 e. The summed E-state index contributed by atoms with van der Waals surface area (Å²) in [5.74, 6) is 0.353. The number of benzene rings is 2. The van der Waals surface area contributed by atoms with Gasteiger partial charge in [0.15, 0.2) is 10.9 Å². The molecule has 0 fully saturated rings. The molecule has 2 heterocycles. The van der Waals surface area contributed by atoms with Crippen LogP contribution in [0.4, 0.5) is 9.52 Å². The maximum Gasteiger partial charge on any atom is 0.202 e. The highest BCUT2D eigenvalue weighted by atomic mass is 32.1. The van der Waals surface area contributed by atoms with Crippen LogP contribution in [0.25, 0.3) is 10.2 Å². The Kier molecular flexibility index (Phi) is 4.16. The SMILES string of the molecule is O=C1CCCC2=C1[C@@H](c1ccc(F)cc1)N=C(Nc1nc3ccccc3s1)N2. The van der Waals surface area contributed by atoms with Gasteiger partial charge in [-0.2, -0.15) is 0 Å². The van der Waals surface area contributed by atoms with Crippen LogP contribution < -0.4 is 10.6 Å². The number of fused-ring (bicyclic) bond motifs is 1. The molecule has 0 amide bonds. The summed E-state index contributed by atoms with van der Waals surface area (Å²) in [5.41, 5.74) is 3.31. The van der Waals surface area contributed by atoms with E-state index in [0.717, 1.165) is 39.5 Å². The Labute approximate surface area is 165 Å². The molecule has 28 heavy (non-hydrogen) atoms. The van der Waals surface area contributed by atoms with Crippen molar-refractivity contribution in [2.45, 2.75) is 25.3 Å². The van der Waals surface area contributed by atoms with Crippen molar-refractivity contribution < 1.29 is 9.18 Å². The zero-order valence-corrected chi connectivity index (χ0v) is 15.7. The third-order valence-electron chi connectivity index (χ3n) is 4.96. The van der Waals surface area contributed by atoms with E-state index in [1.807, 2.05) is 24.3 Å². The molecule has 2 aromatic carbocycles. The number of rotatable bonds is 2. The number of aliphatic imine (C=N–C) groups is 1. The number of ketones is 1. The Morgan fingerprint density at radius 3 is 2.75 bits per heavy atom. The zero-order valence-electron chi connectivity index (χ0n) is 14.9. The molecule has 140 valence electrons. The number of halogens is 1. The number of aromatic nitrogens is 1. The summed E-state index contributed by atoms with van der Waals surface area (Å²) < 4.78 is 14.5. The fourth-order valence-corrected chi connectivity index (χ4v) is 4.52. The quantitative estimate of drug-likeness (QED) is 0.671. The minimum absolute atomic E-state index is 0.103. The average molecular weight is 392 g/mol. The average Bonchev–Trinajstić information content (AvgIpc) is 3.10. The van der Waals surface area contributed by atoms with Crippen molar-refractivity contribution in [3.8, 4) is 0 Å². The third kappa shape index (κ3) is 3.07. The number of carbonyl (C=O) groups excluding carboxylic acids is 1. The molecular formula is C21H17FN4OS. The Bertz CT molecular complexity index is 1100. The number of nitrogens with one attached hydrogen (secondary N) is 2. The van der Waals surface area contributed by atoms with E-state index >= 15 is 0 Å². The normalized spacial score (nSPS) is 19.2. The first kappa shape index (κ1) is 17.1. The van der Waals surface area contributed by atoms with E-state index in [2.05, 4.69) is 15.6 Å². The highest BCUT2D eigenvalue weighted by molar-refractivity contribution is 7.22. The summed E-state index contributed by atoms with van der Waals surface area (Å²) in [6.45, 7) is 0. The Morgan fingerprint density at radius 2 is 1.93 bits per heavy atom. The number of anilines is 1. The lowest BCUT2D eigenvalue weighted by atomic mass is 9.86. The van der Waals surface area contributed by atoms with Gasteiger partial charge in [0, 0.05) is 17.7 Å². The lowest BCUT2D eigenvalue weighted by Gasteiger charge is -2.30. The van der Waals surface area contributed by atoms with Crippen molar-refractivity contribution in [2.24, 2.45) is 4.99 Å². The number of allylic oxidation sites excluding steroid dienone is 1. The van der Waals surface area contributed by atoms with Crippen molar-refractivity contribution in [2.75, 3.05) is 5.32 Å². The van der Waals surface area contributed by atoms with Crippen molar-refractivity contribution in [3.05, 3.63) is 71.2 Å². The maximum atomic E-state index is 13.4. The van der Waals surface area contributed by atoms with Crippen LogP contribution >= 0.6 is 11.3 Å². The van der Waals surface area contributed by atoms with Gasteiger partial charge in [-0.3, -0.25) is 4.79 Å². The second kappa shape index (κ2) is 6.83. The van der Waals surface area contributed by atoms with Gasteiger partial charge in [0.25, 0.3) is 0 Å². The highest BCUT2D eigenvalue weighted by Crippen LogP contribution is 2.36. The second-order valence-electron chi connectivity index (χ2n) is 6.84. The number of nitrogens with zero attached hydrogens (tertiary/aromatic N) is 2. The molecule has 0 spiro atoms. The van der Waals surface area contributed by atoms with E-state index in [1.54, 1.807) is 23.5 Å². The highest BCUT2D eigenvalue weighted by Gasteiger charge is 2.32. The molecule has 1 aliphatic carbocycles. The Balaban J connectivity index is 1.52. The van der Waals surface area contributed by atoms with Crippen LogP contribution in [0.1, 0.15) is 30.9 Å². The summed E-state index contributed by atoms with van der Waals surface area (Å²) in [6, 6.07) is 13.7. The summed E-state index contributed by atoms with van der Waals surface area (Å²) in [6.07, 6.45) is 2.13. The summed E-state index contributed by atoms with van der Waals surface area (Å²) in [5, 5.41) is 7.27. The maximum absolute atomic E-state index is 13.4. The van der Waals surface area contributed by atoms with Gasteiger partial charge in [-0.25, -0.2) is 14.4 Å². The number of hydrogen-bond donors (Lipinski definition) is 2. The van der Waals surface area contributed by atoms with Crippen molar-refractivity contribution in [1.82, 2.24) is 10.3 Å². The topological polar surface area (TPSA) is 66.4 Å². The Morgan fingerprint density at radius 1 is 1.11 bits per heavy atom. The van der Waals surface area contributed by atoms with Gasteiger partial charge in [0.05, 0.1) is 10.2 Å². The van der Waals surface area contributed by atoms with Gasteiger partial charge in [0.2, 0.25) is 5.96 Å². The molecule has 1 aliphatic heterocycles. The zero-order chi connectivity index (χ0) is 19.1. The number of carbonyl (C=O) groups is 1. The molecule has 0 saturated carbocycles. The van der Waals surface area contributed by atoms with Crippen LogP contribution in [0.3, 0.4) is 0 Å². The molecule has 0 saturated heterocycles. The molecule has 0 radical (unpaired) electrons. The van der Waals surface area contributed by atoms with Crippen LogP contribution in [0.15, 0.2) is 64.8 Å². The van der Waals surface area contributed by atoms with E-state index in [-0.39, 0.29) is 11.6 Å². The minimum atomic E-state index is -0.443. The van der Waals surface area contributed by atoms with Gasteiger partial charge in [-0.05, 0) is 42.7 Å². The molecule has 5 nitrogen and oxygen atoms in total. The van der Waals surface area contributed by atoms with E-state index in [0.29, 0.717) is 18.0 Å². The summed E-state index contributed by atoms with van der Waals surface area (Å²) in [4.78, 5) is 21.9. The first-order valence-corrected chi connectivity index (χ1v) is 9.98. The van der Waals surface area contributed by atoms with Gasteiger partial charge in [0.1, 0.15) is 11.9 Å². The number of para-hydroxylation sites is 1. The van der Waals surface area contributed by atoms with Gasteiger partial charge >= 0.3 is 0 Å². The van der Waals surface area contributed by atoms with Crippen LogP contribution in [0, 0.1) is 5.82 Å². The lowest BCUT2D eigenvalue weighted by molar-refractivity contribution is -0.116. The molecule has 2 aliphatic rings. The minimum Gasteiger partial charge on any atom is -0.329 e. The Hall–Kier alpha value is -3.06. The van der Waals surface area contributed by atoms with Crippen LogP contribution in [0.2, 0.25) is 0 Å².